The third-order valence-corrected chi connectivity index (χ3v) is 6.74. The van der Waals surface area contributed by atoms with Crippen molar-refractivity contribution in [3.8, 4) is 0 Å². The molecule has 15 heteroatoms. The van der Waals surface area contributed by atoms with Crippen LogP contribution in [0.2, 0.25) is 0 Å². The molecule has 1 N–H and O–H groups in total. The SMILES string of the molecule is COC(=O)c1cnn(CCOCCOCC[C@@H]2CN(C(=O)OC(C)(C)C)CC[C@H]2NC(=O)OCc2ccccc2)c1[N+](=O)[O-]. The van der Waals surface area contributed by atoms with Gasteiger partial charge >= 0.3 is 24.0 Å². The molecule has 0 saturated carbocycles. The monoisotopic (exact) mass is 619 g/mol. The largest absolute Gasteiger partial charge is 0.465 e. The number of aromatic nitrogens is 2. The van der Waals surface area contributed by atoms with Crippen LogP contribution in [-0.4, -0.2) is 96.0 Å². The minimum absolute atomic E-state index is 0.0591. The van der Waals surface area contributed by atoms with Gasteiger partial charge in [0.15, 0.2) is 5.56 Å². The van der Waals surface area contributed by atoms with E-state index in [0.717, 1.165) is 23.6 Å². The molecule has 2 atom stereocenters. The van der Waals surface area contributed by atoms with Crippen LogP contribution in [0.25, 0.3) is 0 Å². The second-order valence-electron chi connectivity index (χ2n) is 11.2. The first-order valence-electron chi connectivity index (χ1n) is 14.4. The van der Waals surface area contributed by atoms with Crippen LogP contribution in [0.1, 0.15) is 49.5 Å². The molecule has 15 nitrogen and oxygen atoms in total. The summed E-state index contributed by atoms with van der Waals surface area (Å²) in [6.45, 7) is 7.39. The highest BCUT2D eigenvalue weighted by Gasteiger charge is 2.34. The molecule has 1 aromatic carbocycles. The van der Waals surface area contributed by atoms with Gasteiger partial charge in [0.2, 0.25) is 0 Å². The van der Waals surface area contributed by atoms with E-state index in [4.69, 9.17) is 18.9 Å². The number of piperidine rings is 1. The quantitative estimate of drug-likeness (QED) is 0.108. The molecule has 1 aliphatic rings. The summed E-state index contributed by atoms with van der Waals surface area (Å²) in [4.78, 5) is 49.3. The number of nitrogens with one attached hydrogen (secondary N) is 1. The molecular formula is C29H41N5O10. The molecule has 2 aromatic rings. The van der Waals surface area contributed by atoms with E-state index in [1.807, 2.05) is 51.1 Å². The number of hydrogen-bond donors (Lipinski definition) is 1. The zero-order chi connectivity index (χ0) is 32.1. The van der Waals surface area contributed by atoms with Crippen LogP contribution < -0.4 is 5.32 Å². The van der Waals surface area contributed by atoms with Crippen LogP contribution in [0.3, 0.4) is 0 Å². The van der Waals surface area contributed by atoms with Crippen molar-refractivity contribution >= 4 is 24.0 Å². The number of amides is 2. The molecule has 1 aliphatic heterocycles. The third kappa shape index (κ3) is 10.8. The van der Waals surface area contributed by atoms with Gasteiger partial charge in [-0.25, -0.2) is 14.4 Å². The lowest BCUT2D eigenvalue weighted by Crippen LogP contribution is -2.53. The Bertz CT molecular complexity index is 1250. The van der Waals surface area contributed by atoms with Gasteiger partial charge in [0.25, 0.3) is 0 Å². The van der Waals surface area contributed by atoms with Gasteiger partial charge in [-0.15, -0.1) is 4.68 Å². The Labute approximate surface area is 255 Å². The van der Waals surface area contributed by atoms with E-state index in [1.54, 1.807) is 4.90 Å². The fraction of sp³-hybridized carbons (Fsp3) is 0.586. The van der Waals surface area contributed by atoms with E-state index >= 15 is 0 Å². The third-order valence-electron chi connectivity index (χ3n) is 6.74. The predicted octanol–water partition coefficient (Wildman–Crippen LogP) is 3.55. The summed E-state index contributed by atoms with van der Waals surface area (Å²) in [5.74, 6) is -1.41. The summed E-state index contributed by atoms with van der Waals surface area (Å²) in [6, 6.07) is 9.16. The van der Waals surface area contributed by atoms with E-state index in [1.165, 1.54) is 0 Å². The van der Waals surface area contributed by atoms with Crippen molar-refractivity contribution in [2.45, 2.75) is 58.4 Å². The Balaban J connectivity index is 1.45. The molecule has 2 amide bonds. The van der Waals surface area contributed by atoms with Crippen LogP contribution in [0.4, 0.5) is 15.4 Å². The van der Waals surface area contributed by atoms with Gasteiger partial charge in [-0.3, -0.25) is 0 Å². The Morgan fingerprint density at radius 2 is 1.80 bits per heavy atom. The highest BCUT2D eigenvalue weighted by atomic mass is 16.6. The Morgan fingerprint density at radius 3 is 2.45 bits per heavy atom. The zero-order valence-corrected chi connectivity index (χ0v) is 25.6. The Morgan fingerprint density at radius 1 is 1.09 bits per heavy atom. The number of hydrogen-bond acceptors (Lipinski definition) is 11. The molecule has 0 aliphatic carbocycles. The summed E-state index contributed by atoms with van der Waals surface area (Å²) in [7, 11) is 1.13. The first-order valence-corrected chi connectivity index (χ1v) is 14.4. The number of ether oxygens (including phenoxy) is 5. The molecule has 242 valence electrons. The first kappa shape index (κ1) is 34.3. The Hall–Kier alpha value is -4.24. The molecule has 0 spiro atoms. The van der Waals surface area contributed by atoms with E-state index < -0.39 is 34.5 Å². The standard InChI is InChI=1S/C29H41N5O10/c1-29(2,3)44-28(37)32-12-10-24(31-27(36)43-20-21-8-6-5-7-9-21)22(19-32)11-14-41-16-17-42-15-13-33-25(34(38)39)23(18-30-33)26(35)40-4/h5-9,18,22,24H,10-17,19-20H2,1-4H3,(H,31,36)/t22-,24-/m1/s1. The van der Waals surface area contributed by atoms with Gasteiger partial charge in [0.05, 0.1) is 33.1 Å². The minimum Gasteiger partial charge on any atom is -0.465 e. The second kappa shape index (κ2) is 16.6. The summed E-state index contributed by atoms with van der Waals surface area (Å²) in [5, 5.41) is 18.2. The number of carbonyl (C=O) groups is 3. The van der Waals surface area contributed by atoms with Gasteiger partial charge in [-0.05, 0) is 50.0 Å². The first-order chi connectivity index (χ1) is 21.0. The molecule has 1 fully saturated rings. The van der Waals surface area contributed by atoms with Gasteiger partial charge in [-0.2, -0.15) is 0 Å². The smallest absolute Gasteiger partial charge is 0.410 e. The number of alkyl carbamates (subject to hydrolysis) is 1. The normalized spacial score (nSPS) is 16.7. The fourth-order valence-electron chi connectivity index (χ4n) is 4.62. The Kier molecular flexibility index (Phi) is 12.9. The number of esters is 1. The van der Waals surface area contributed by atoms with Crippen LogP contribution in [0.15, 0.2) is 36.5 Å². The van der Waals surface area contributed by atoms with E-state index in [9.17, 15) is 24.5 Å². The van der Waals surface area contributed by atoms with Gasteiger partial charge in [0.1, 0.15) is 18.8 Å². The average Bonchev–Trinajstić information content (AvgIpc) is 3.41. The van der Waals surface area contributed by atoms with Crippen molar-refractivity contribution in [1.82, 2.24) is 20.0 Å². The van der Waals surface area contributed by atoms with Crippen LogP contribution in [0.5, 0.6) is 0 Å². The number of benzene rings is 1. The lowest BCUT2D eigenvalue weighted by molar-refractivity contribution is -0.393. The number of nitro groups is 1. The minimum atomic E-state index is -0.842. The summed E-state index contributed by atoms with van der Waals surface area (Å²) >= 11 is 0. The van der Waals surface area contributed by atoms with Gasteiger partial charge in [0, 0.05) is 25.7 Å². The molecule has 0 radical (unpaired) electrons. The topological polar surface area (TPSA) is 174 Å². The van der Waals surface area contributed by atoms with Crippen molar-refractivity contribution in [1.29, 1.82) is 0 Å². The average molecular weight is 620 g/mol. The number of carbonyl (C=O) groups excluding carboxylic acids is 3. The maximum Gasteiger partial charge on any atom is 0.410 e. The maximum atomic E-state index is 12.7. The van der Waals surface area contributed by atoms with Crippen molar-refractivity contribution in [2.75, 3.05) is 46.6 Å². The number of likely N-dealkylation sites (tertiary alicyclic amines) is 1. The molecule has 0 bridgehead atoms. The van der Waals surface area contributed by atoms with Crippen molar-refractivity contribution in [3.63, 3.8) is 0 Å². The van der Waals surface area contributed by atoms with Crippen molar-refractivity contribution in [2.24, 2.45) is 5.92 Å². The summed E-state index contributed by atoms with van der Waals surface area (Å²) in [5.41, 5.74) is 0.0206. The van der Waals surface area contributed by atoms with Crippen LogP contribution in [-0.2, 0) is 36.8 Å². The van der Waals surface area contributed by atoms with Crippen LogP contribution in [0, 0.1) is 16.0 Å². The summed E-state index contributed by atoms with van der Waals surface area (Å²) < 4.78 is 27.8. The number of nitrogens with zero attached hydrogens (tertiary/aromatic N) is 4. The van der Waals surface area contributed by atoms with Gasteiger partial charge < -0.3 is 44.0 Å². The molecule has 2 heterocycles. The number of methoxy groups -OCH3 is 1. The van der Waals surface area contributed by atoms with Crippen molar-refractivity contribution < 1.29 is 43.0 Å². The zero-order valence-electron chi connectivity index (χ0n) is 25.6. The lowest BCUT2D eigenvalue weighted by atomic mass is 9.90. The highest BCUT2D eigenvalue weighted by molar-refractivity contribution is 5.92. The van der Waals surface area contributed by atoms with Gasteiger partial charge in [-0.1, -0.05) is 35.4 Å². The maximum absolute atomic E-state index is 12.7. The fourth-order valence-corrected chi connectivity index (χ4v) is 4.62. The van der Waals surface area contributed by atoms with Crippen LogP contribution >= 0.6 is 0 Å². The van der Waals surface area contributed by atoms with Crippen molar-refractivity contribution in [3.05, 3.63) is 57.8 Å². The molecule has 3 rings (SSSR count). The number of rotatable bonds is 14. The summed E-state index contributed by atoms with van der Waals surface area (Å²) in [6.07, 6.45) is 1.25. The molecule has 1 saturated heterocycles. The predicted molar refractivity (Wildman–Crippen MR) is 156 cm³/mol. The highest BCUT2D eigenvalue weighted by Crippen LogP contribution is 2.23. The van der Waals surface area contributed by atoms with E-state index in [2.05, 4.69) is 15.2 Å². The molecule has 1 aromatic heterocycles. The molecule has 44 heavy (non-hydrogen) atoms. The lowest BCUT2D eigenvalue weighted by Gasteiger charge is -2.39. The molecular weight excluding hydrogens is 578 g/mol. The molecule has 0 unspecified atom stereocenters. The van der Waals surface area contributed by atoms with E-state index in [-0.39, 0.29) is 50.5 Å². The second-order valence-corrected chi connectivity index (χ2v) is 11.2. The van der Waals surface area contributed by atoms with E-state index in [0.29, 0.717) is 32.5 Å².